The predicted octanol–water partition coefficient (Wildman–Crippen LogP) is 5.38. The molecule has 4 heteroatoms. The van der Waals surface area contributed by atoms with Crippen LogP contribution in [-0.2, 0) is 6.42 Å². The molecule has 1 aliphatic heterocycles. The summed E-state index contributed by atoms with van der Waals surface area (Å²) in [5.74, 6) is 1.48. The van der Waals surface area contributed by atoms with Gasteiger partial charge in [0.15, 0.2) is 11.5 Å². The van der Waals surface area contributed by atoms with Crippen molar-refractivity contribution < 1.29 is 14.7 Å². The molecule has 0 aliphatic carbocycles. The van der Waals surface area contributed by atoms with Crippen LogP contribution in [-0.4, -0.2) is 33.0 Å². The van der Waals surface area contributed by atoms with E-state index < -0.39 is 0 Å². The highest BCUT2D eigenvalue weighted by molar-refractivity contribution is 5.63. The Morgan fingerprint density at radius 1 is 1.15 bits per heavy atom. The molecule has 1 aliphatic rings. The molecule has 0 radical (unpaired) electrons. The van der Waals surface area contributed by atoms with Gasteiger partial charge in [-0.15, -0.1) is 5.06 Å². The van der Waals surface area contributed by atoms with Crippen LogP contribution < -0.4 is 9.57 Å². The summed E-state index contributed by atoms with van der Waals surface area (Å²) in [4.78, 5) is 6.63. The molecule has 0 saturated carbocycles. The molecule has 152 valence electrons. The van der Waals surface area contributed by atoms with E-state index in [1.165, 1.54) is 0 Å². The molecule has 0 aromatic heterocycles. The number of piperidine rings is 1. The van der Waals surface area contributed by atoms with Gasteiger partial charge < -0.3 is 14.7 Å². The van der Waals surface area contributed by atoms with Gasteiger partial charge in [-0.25, -0.2) is 0 Å². The van der Waals surface area contributed by atoms with Crippen molar-refractivity contribution >= 4 is 6.08 Å². The van der Waals surface area contributed by atoms with Gasteiger partial charge in [0.1, 0.15) is 5.60 Å². The number of aliphatic hydroxyl groups excluding tert-OH is 1. The summed E-state index contributed by atoms with van der Waals surface area (Å²) >= 11 is 0. The Bertz CT molecular complexity index is 668. The van der Waals surface area contributed by atoms with E-state index in [1.807, 2.05) is 38.0 Å². The van der Waals surface area contributed by atoms with Crippen LogP contribution >= 0.6 is 0 Å². The first-order chi connectivity index (χ1) is 12.3. The summed E-state index contributed by atoms with van der Waals surface area (Å²) in [6, 6.07) is 4.12. The fourth-order valence-corrected chi connectivity index (χ4v) is 4.12. The van der Waals surface area contributed by atoms with E-state index in [2.05, 4.69) is 47.3 Å². The molecule has 1 fully saturated rings. The smallest absolute Gasteiger partial charge is 0.193 e. The number of aryl methyl sites for hydroxylation is 1. The quantitative estimate of drug-likeness (QED) is 0.750. The predicted molar refractivity (Wildman–Crippen MR) is 112 cm³/mol. The highest BCUT2D eigenvalue weighted by atomic mass is 16.7. The minimum Gasteiger partial charge on any atom is -0.484 e. The molecule has 1 N–H and O–H groups in total. The van der Waals surface area contributed by atoms with Gasteiger partial charge in [0.2, 0.25) is 0 Å². The first kappa shape index (κ1) is 21.8. The molecule has 0 spiro atoms. The van der Waals surface area contributed by atoms with E-state index in [0.29, 0.717) is 12.8 Å². The first-order valence-corrected chi connectivity index (χ1v) is 9.94. The van der Waals surface area contributed by atoms with Crippen molar-refractivity contribution in [3.05, 3.63) is 29.8 Å². The van der Waals surface area contributed by atoms with Gasteiger partial charge in [-0.1, -0.05) is 31.7 Å². The van der Waals surface area contributed by atoms with Crippen LogP contribution in [0.4, 0.5) is 0 Å². The van der Waals surface area contributed by atoms with Crippen molar-refractivity contribution in [3.63, 3.8) is 0 Å². The molecular formula is C23H37NO3. The normalized spacial score (nSPS) is 20.3. The second-order valence-electron chi connectivity index (χ2n) is 9.82. The van der Waals surface area contributed by atoms with E-state index in [0.717, 1.165) is 29.0 Å². The van der Waals surface area contributed by atoms with Gasteiger partial charge in [0, 0.05) is 11.1 Å². The van der Waals surface area contributed by atoms with Crippen LogP contribution in [0.1, 0.15) is 79.4 Å². The van der Waals surface area contributed by atoms with Gasteiger partial charge >= 0.3 is 0 Å². The lowest BCUT2D eigenvalue weighted by Gasteiger charge is -2.52. The third-order valence-electron chi connectivity index (χ3n) is 4.99. The number of hydrogen-bond donors (Lipinski definition) is 1. The van der Waals surface area contributed by atoms with Crippen LogP contribution in [0.25, 0.3) is 6.08 Å². The zero-order chi connectivity index (χ0) is 20.6. The van der Waals surface area contributed by atoms with Crippen LogP contribution in [0.3, 0.4) is 0 Å². The molecule has 1 heterocycles. The number of nitrogens with zero attached hydrogens (tertiary/aromatic N) is 1. The number of benzene rings is 1. The van der Waals surface area contributed by atoms with Gasteiger partial charge in [0.05, 0.1) is 17.2 Å². The maximum Gasteiger partial charge on any atom is 0.193 e. The summed E-state index contributed by atoms with van der Waals surface area (Å²) in [6.07, 6.45) is 3.64. The summed E-state index contributed by atoms with van der Waals surface area (Å²) in [7, 11) is 0. The van der Waals surface area contributed by atoms with Gasteiger partial charge in [-0.05, 0) is 67.7 Å². The zero-order valence-electron chi connectivity index (χ0n) is 18.3. The Morgan fingerprint density at radius 2 is 1.70 bits per heavy atom. The molecule has 27 heavy (non-hydrogen) atoms. The van der Waals surface area contributed by atoms with Crippen LogP contribution in [0.5, 0.6) is 11.5 Å². The highest BCUT2D eigenvalue weighted by Gasteiger charge is 2.47. The van der Waals surface area contributed by atoms with E-state index in [1.54, 1.807) is 0 Å². The third kappa shape index (κ3) is 4.85. The molecule has 0 atom stereocenters. The largest absolute Gasteiger partial charge is 0.484 e. The molecule has 4 nitrogen and oxygen atoms in total. The fraction of sp³-hybridized carbons (Fsp3) is 0.652. The molecule has 0 unspecified atom stereocenters. The number of aliphatic hydroxyl groups is 1. The average molecular weight is 376 g/mol. The van der Waals surface area contributed by atoms with Crippen molar-refractivity contribution in [2.75, 3.05) is 0 Å². The Labute approximate surface area is 165 Å². The monoisotopic (exact) mass is 375 g/mol. The molecule has 0 amide bonds. The highest BCUT2D eigenvalue weighted by Crippen LogP contribution is 2.44. The molecule has 2 rings (SSSR count). The summed E-state index contributed by atoms with van der Waals surface area (Å²) in [6.45, 7) is 20.6. The maximum atomic E-state index is 10.3. The Kier molecular flexibility index (Phi) is 6.03. The standard InChI is InChI=1S/C23H37NO3/c1-10-16-12-13-17(11-2)20(19(16)26-21(3,4)5)27-24-22(6,7)14-18(25)15-23(24,8)9/h10,12-13,18,25H,1,11,14-15H2,2-9H3. The van der Waals surface area contributed by atoms with Crippen molar-refractivity contribution in [2.24, 2.45) is 0 Å². The second kappa shape index (κ2) is 7.48. The van der Waals surface area contributed by atoms with Crippen molar-refractivity contribution in [1.29, 1.82) is 0 Å². The fourth-order valence-electron chi connectivity index (χ4n) is 4.12. The third-order valence-corrected chi connectivity index (χ3v) is 4.99. The van der Waals surface area contributed by atoms with Crippen LogP contribution in [0, 0.1) is 0 Å². The van der Waals surface area contributed by atoms with Gasteiger partial charge in [-0.2, -0.15) is 0 Å². The minimum absolute atomic E-state index is 0.310. The first-order valence-electron chi connectivity index (χ1n) is 9.94. The van der Waals surface area contributed by atoms with Gasteiger partial charge in [-0.3, -0.25) is 0 Å². The van der Waals surface area contributed by atoms with E-state index >= 15 is 0 Å². The van der Waals surface area contributed by atoms with Crippen molar-refractivity contribution in [1.82, 2.24) is 5.06 Å². The van der Waals surface area contributed by atoms with Crippen molar-refractivity contribution in [3.8, 4) is 11.5 Å². The van der Waals surface area contributed by atoms with Crippen LogP contribution in [0.15, 0.2) is 18.7 Å². The topological polar surface area (TPSA) is 41.9 Å². The summed E-state index contributed by atoms with van der Waals surface area (Å²) < 4.78 is 6.32. The Balaban J connectivity index is 2.57. The zero-order valence-corrected chi connectivity index (χ0v) is 18.3. The lowest BCUT2D eigenvalue weighted by Crippen LogP contribution is -2.63. The van der Waals surface area contributed by atoms with E-state index in [9.17, 15) is 5.11 Å². The molecular weight excluding hydrogens is 338 g/mol. The van der Waals surface area contributed by atoms with E-state index in [-0.39, 0.29) is 22.8 Å². The minimum atomic E-state index is -0.356. The average Bonchev–Trinajstić information content (AvgIpc) is 2.48. The Hall–Kier alpha value is -1.52. The Morgan fingerprint density at radius 3 is 2.15 bits per heavy atom. The molecule has 1 saturated heterocycles. The van der Waals surface area contributed by atoms with Gasteiger partial charge in [0.25, 0.3) is 0 Å². The molecule has 1 aromatic rings. The van der Waals surface area contributed by atoms with E-state index in [4.69, 9.17) is 9.57 Å². The number of rotatable bonds is 5. The second-order valence-corrected chi connectivity index (χ2v) is 9.82. The number of hydroxylamine groups is 2. The lowest BCUT2D eigenvalue weighted by molar-refractivity contribution is -0.235. The summed E-state index contributed by atoms with van der Waals surface area (Å²) in [5, 5.41) is 12.4. The van der Waals surface area contributed by atoms with Crippen LogP contribution in [0.2, 0.25) is 0 Å². The number of hydrogen-bond acceptors (Lipinski definition) is 4. The summed E-state index contributed by atoms with van der Waals surface area (Å²) in [5.41, 5.74) is 1.04. The molecule has 1 aromatic carbocycles. The lowest BCUT2D eigenvalue weighted by atomic mass is 9.80. The maximum absolute atomic E-state index is 10.3. The molecule has 0 bridgehead atoms. The SMILES string of the molecule is C=Cc1ccc(CC)c(ON2C(C)(C)CC(O)CC2(C)C)c1OC(C)(C)C. The van der Waals surface area contributed by atoms with Crippen molar-refractivity contribution in [2.45, 2.75) is 97.4 Å². The number of ether oxygens (including phenoxy) is 1.